The van der Waals surface area contributed by atoms with Crippen molar-refractivity contribution in [2.75, 3.05) is 18.4 Å². The Morgan fingerprint density at radius 3 is 2.21 bits per heavy atom. The van der Waals surface area contributed by atoms with Crippen LogP contribution in [0.4, 0.5) is 5.69 Å². The summed E-state index contributed by atoms with van der Waals surface area (Å²) in [4.78, 5) is 38.6. The molecule has 0 saturated heterocycles. The van der Waals surface area contributed by atoms with E-state index in [-0.39, 0.29) is 17.9 Å². The molecule has 0 aliphatic carbocycles. The summed E-state index contributed by atoms with van der Waals surface area (Å²) in [5, 5.41) is 11.1. The van der Waals surface area contributed by atoms with Gasteiger partial charge in [0.2, 0.25) is 12.0 Å². The molecule has 0 saturated carbocycles. The largest absolute Gasteiger partial charge is 0.444 e. The van der Waals surface area contributed by atoms with E-state index in [4.69, 9.17) is 10.00 Å². The van der Waals surface area contributed by atoms with Crippen molar-refractivity contribution in [1.29, 1.82) is 5.26 Å². The molecule has 150 valence electrons. The monoisotopic (exact) mass is 393 g/mol. The molecule has 7 nitrogen and oxygen atoms in total. The second-order valence-electron chi connectivity index (χ2n) is 6.17. The van der Waals surface area contributed by atoms with Gasteiger partial charge in [0.15, 0.2) is 0 Å². The number of nitrogens with zero attached hydrogens (tertiary/aromatic N) is 2. The molecule has 0 aliphatic heterocycles. The van der Waals surface area contributed by atoms with E-state index in [1.165, 1.54) is 24.3 Å². The molecule has 1 N–H and O–H groups in total. The molecule has 0 radical (unpaired) electrons. The van der Waals surface area contributed by atoms with Crippen LogP contribution in [0.2, 0.25) is 0 Å². The average molecular weight is 393 g/mol. The van der Waals surface area contributed by atoms with Crippen molar-refractivity contribution in [3.8, 4) is 6.07 Å². The predicted molar refractivity (Wildman–Crippen MR) is 108 cm³/mol. The Balaban J connectivity index is 2.18. The molecule has 2 rings (SSSR count). The number of hydrogen-bond acceptors (Lipinski definition) is 5. The third kappa shape index (κ3) is 5.91. The fourth-order valence-corrected chi connectivity index (χ4v) is 2.73. The molecule has 2 amide bonds. The maximum absolute atomic E-state index is 12.9. The number of nitrogens with one attached hydrogen (secondary N) is 1. The normalized spacial score (nSPS) is 11.1. The molecular weight excluding hydrogens is 370 g/mol. The fourth-order valence-electron chi connectivity index (χ4n) is 2.73. The van der Waals surface area contributed by atoms with Gasteiger partial charge >= 0.3 is 5.97 Å². The summed E-state index contributed by atoms with van der Waals surface area (Å²) < 4.78 is 5.57. The lowest BCUT2D eigenvalue weighted by Crippen LogP contribution is -2.36. The first-order valence-electron chi connectivity index (χ1n) is 9.31. The van der Waals surface area contributed by atoms with Gasteiger partial charge in [0.1, 0.15) is 6.42 Å². The summed E-state index contributed by atoms with van der Waals surface area (Å²) in [7, 11) is 0. The lowest BCUT2D eigenvalue weighted by atomic mass is 10.1. The van der Waals surface area contributed by atoms with Crippen LogP contribution in [0.15, 0.2) is 54.6 Å². The molecule has 0 aliphatic rings. The smallest absolute Gasteiger partial charge is 0.339 e. The zero-order chi connectivity index (χ0) is 21.2. The summed E-state index contributed by atoms with van der Waals surface area (Å²) in [5.41, 5.74) is 1.30. The zero-order valence-electron chi connectivity index (χ0n) is 16.4. The van der Waals surface area contributed by atoms with E-state index in [0.29, 0.717) is 24.3 Å². The van der Waals surface area contributed by atoms with E-state index in [1.807, 2.05) is 19.9 Å². The molecule has 0 fully saturated rings. The van der Waals surface area contributed by atoms with Crippen molar-refractivity contribution in [2.45, 2.75) is 26.4 Å². The van der Waals surface area contributed by atoms with E-state index >= 15 is 0 Å². The van der Waals surface area contributed by atoms with Gasteiger partial charge in [-0.2, -0.15) is 5.26 Å². The van der Waals surface area contributed by atoms with E-state index in [9.17, 15) is 14.4 Å². The van der Waals surface area contributed by atoms with Crippen LogP contribution in [0.5, 0.6) is 0 Å². The first-order chi connectivity index (χ1) is 14.0. The fraction of sp³-hybridized carbons (Fsp3) is 0.273. The third-order valence-corrected chi connectivity index (χ3v) is 4.27. The molecular formula is C22H23N3O4. The Morgan fingerprint density at radius 1 is 1.03 bits per heavy atom. The van der Waals surface area contributed by atoms with E-state index in [2.05, 4.69) is 5.32 Å². The van der Waals surface area contributed by atoms with Gasteiger partial charge in [0, 0.05) is 24.3 Å². The number of rotatable bonds is 8. The number of likely N-dealkylation sites (N-methyl/N-ethyl adjacent to an activating group) is 1. The Morgan fingerprint density at radius 2 is 1.66 bits per heavy atom. The number of benzene rings is 2. The summed E-state index contributed by atoms with van der Waals surface area (Å²) in [6.07, 6.45) is -1.30. The molecule has 7 heteroatoms. The lowest BCUT2D eigenvalue weighted by Gasteiger charge is -2.25. The summed E-state index contributed by atoms with van der Waals surface area (Å²) in [6, 6.07) is 16.7. The number of amides is 2. The molecule has 29 heavy (non-hydrogen) atoms. The molecule has 2 aromatic carbocycles. The van der Waals surface area contributed by atoms with Crippen LogP contribution in [0, 0.1) is 11.3 Å². The number of ether oxygens (including phenoxy) is 1. The van der Waals surface area contributed by atoms with Crippen LogP contribution in [0.3, 0.4) is 0 Å². The van der Waals surface area contributed by atoms with Crippen LogP contribution in [0.1, 0.15) is 42.3 Å². The number of hydrogen-bond donors (Lipinski definition) is 1. The van der Waals surface area contributed by atoms with Crippen LogP contribution in [-0.4, -0.2) is 35.8 Å². The first kappa shape index (κ1) is 21.6. The summed E-state index contributed by atoms with van der Waals surface area (Å²) >= 11 is 0. The number of nitriles is 1. The first-order valence-corrected chi connectivity index (χ1v) is 9.31. The quantitative estimate of drug-likeness (QED) is 0.694. The van der Waals surface area contributed by atoms with Crippen molar-refractivity contribution in [3.63, 3.8) is 0 Å². The van der Waals surface area contributed by atoms with Gasteiger partial charge < -0.3 is 15.0 Å². The Bertz CT molecular complexity index is 885. The molecule has 0 unspecified atom stereocenters. The van der Waals surface area contributed by atoms with Crippen molar-refractivity contribution >= 4 is 23.5 Å². The van der Waals surface area contributed by atoms with Crippen LogP contribution in [0.25, 0.3) is 0 Å². The van der Waals surface area contributed by atoms with Crippen LogP contribution >= 0.6 is 0 Å². The van der Waals surface area contributed by atoms with Gasteiger partial charge in [-0.15, -0.1) is 0 Å². The van der Waals surface area contributed by atoms with Gasteiger partial charge in [-0.05, 0) is 38.1 Å². The van der Waals surface area contributed by atoms with Gasteiger partial charge in [-0.25, -0.2) is 4.79 Å². The Labute approximate surface area is 169 Å². The summed E-state index contributed by atoms with van der Waals surface area (Å²) in [6.45, 7) is 4.75. The van der Waals surface area contributed by atoms with Gasteiger partial charge in [-0.3, -0.25) is 9.59 Å². The molecule has 0 spiro atoms. The van der Waals surface area contributed by atoms with Crippen molar-refractivity contribution in [1.82, 2.24) is 4.90 Å². The minimum absolute atomic E-state index is 0.247. The van der Waals surface area contributed by atoms with Crippen molar-refractivity contribution in [3.05, 3.63) is 65.7 Å². The second kappa shape index (κ2) is 10.6. The molecule has 0 bridgehead atoms. The Kier molecular flexibility index (Phi) is 7.92. The number of carbonyl (C=O) groups excluding carboxylic acids is 3. The van der Waals surface area contributed by atoms with Crippen LogP contribution in [-0.2, 0) is 14.3 Å². The predicted octanol–water partition coefficient (Wildman–Crippen LogP) is 3.31. The maximum atomic E-state index is 12.9. The minimum Gasteiger partial charge on any atom is -0.444 e. The highest BCUT2D eigenvalue weighted by atomic mass is 16.5. The van der Waals surface area contributed by atoms with E-state index < -0.39 is 18.0 Å². The highest BCUT2D eigenvalue weighted by molar-refractivity contribution is 5.95. The van der Waals surface area contributed by atoms with Gasteiger partial charge in [-0.1, -0.05) is 30.3 Å². The highest BCUT2D eigenvalue weighted by Gasteiger charge is 2.28. The van der Waals surface area contributed by atoms with E-state index in [0.717, 1.165) is 0 Å². The SMILES string of the molecule is CCN(CC)C(=O)[C@H](OC(=O)c1ccc(NC(=O)CC#N)cc1)c1ccccc1. The number of esters is 1. The molecule has 0 aromatic heterocycles. The number of carbonyl (C=O) groups is 3. The number of anilines is 1. The highest BCUT2D eigenvalue weighted by Crippen LogP contribution is 2.22. The second-order valence-corrected chi connectivity index (χ2v) is 6.17. The van der Waals surface area contributed by atoms with Gasteiger partial charge in [0.25, 0.3) is 5.91 Å². The molecule has 1 atom stereocenters. The standard InChI is InChI=1S/C22H23N3O4/c1-3-25(4-2)21(27)20(16-8-6-5-7-9-16)29-22(28)17-10-12-18(13-11-17)24-19(26)14-15-23/h5-13,20H,3-4,14H2,1-2H3,(H,24,26)/t20-/m1/s1. The third-order valence-electron chi connectivity index (χ3n) is 4.27. The average Bonchev–Trinajstić information content (AvgIpc) is 2.74. The van der Waals surface area contributed by atoms with Crippen molar-refractivity contribution < 1.29 is 19.1 Å². The maximum Gasteiger partial charge on any atom is 0.339 e. The molecule has 0 heterocycles. The lowest BCUT2D eigenvalue weighted by molar-refractivity contribution is -0.140. The van der Waals surface area contributed by atoms with Gasteiger partial charge in [0.05, 0.1) is 11.6 Å². The molecule has 2 aromatic rings. The Hall–Kier alpha value is -3.66. The van der Waals surface area contributed by atoms with E-state index in [1.54, 1.807) is 35.2 Å². The van der Waals surface area contributed by atoms with Crippen LogP contribution < -0.4 is 5.32 Å². The van der Waals surface area contributed by atoms with Crippen molar-refractivity contribution in [2.24, 2.45) is 0 Å². The minimum atomic E-state index is -1.04. The topological polar surface area (TPSA) is 99.5 Å². The zero-order valence-corrected chi connectivity index (χ0v) is 16.4. The summed E-state index contributed by atoms with van der Waals surface area (Å²) in [5.74, 6) is -1.36.